The average Bonchev–Trinajstić information content (AvgIpc) is 3.83. The van der Waals surface area contributed by atoms with Crippen molar-refractivity contribution in [1.29, 1.82) is 0 Å². The monoisotopic (exact) mass is 724 g/mol. The SMILES string of the molecule is [B]c1c([B])c(O)c(-c2c3ccccc3c(-c3ccc(-c4c(-c5cccc6oc7ccccc7c56)ccc5oc6ccccc6c45)cc3)c3ccccc23)c(O)c1[B]. The maximum Gasteiger partial charge on any atom is 0.136 e. The highest BCUT2D eigenvalue weighted by atomic mass is 16.3. The minimum absolute atomic E-state index is 0.0591. The van der Waals surface area contributed by atoms with Gasteiger partial charge in [-0.15, -0.1) is 5.46 Å². The number of rotatable bonds is 4. The first-order valence-corrected chi connectivity index (χ1v) is 18.7. The van der Waals surface area contributed by atoms with Crippen LogP contribution in [0.4, 0.5) is 0 Å². The van der Waals surface area contributed by atoms with Crippen molar-refractivity contribution in [3.05, 3.63) is 152 Å². The maximum atomic E-state index is 11.4. The number of fused-ring (bicyclic) bond motifs is 8. The predicted molar refractivity (Wildman–Crippen MR) is 237 cm³/mol. The molecule has 0 aliphatic rings. The van der Waals surface area contributed by atoms with Gasteiger partial charge in [-0.05, 0) is 79.7 Å². The molecule has 6 radical (unpaired) electrons. The van der Waals surface area contributed by atoms with Crippen molar-refractivity contribution in [2.75, 3.05) is 0 Å². The second-order valence-corrected chi connectivity index (χ2v) is 14.5. The molecule has 0 saturated carbocycles. The lowest BCUT2D eigenvalue weighted by Gasteiger charge is -2.22. The molecule has 4 nitrogen and oxygen atoms in total. The smallest absolute Gasteiger partial charge is 0.136 e. The van der Waals surface area contributed by atoms with E-state index in [1.54, 1.807) is 0 Å². The van der Waals surface area contributed by atoms with Crippen LogP contribution in [0, 0.1) is 0 Å². The Labute approximate surface area is 330 Å². The van der Waals surface area contributed by atoms with Gasteiger partial charge in [0.1, 0.15) is 57.4 Å². The van der Waals surface area contributed by atoms with Gasteiger partial charge in [-0.1, -0.05) is 132 Å². The number of benzene rings is 9. The van der Waals surface area contributed by atoms with Gasteiger partial charge < -0.3 is 19.0 Å². The van der Waals surface area contributed by atoms with Gasteiger partial charge in [-0.3, -0.25) is 0 Å². The molecule has 11 aromatic rings. The van der Waals surface area contributed by atoms with E-state index in [4.69, 9.17) is 32.4 Å². The number of hydrogen-bond donors (Lipinski definition) is 2. The van der Waals surface area contributed by atoms with Crippen LogP contribution in [0.1, 0.15) is 0 Å². The summed E-state index contributed by atoms with van der Waals surface area (Å²) in [7, 11) is 18.5. The first kappa shape index (κ1) is 33.3. The normalized spacial score (nSPS) is 11.9. The van der Waals surface area contributed by atoms with Crippen LogP contribution in [0.3, 0.4) is 0 Å². The molecular formula is C50H27B3O4. The highest BCUT2D eigenvalue weighted by molar-refractivity contribution is 6.59. The van der Waals surface area contributed by atoms with E-state index in [-0.39, 0.29) is 33.5 Å². The second-order valence-electron chi connectivity index (χ2n) is 14.5. The first-order valence-electron chi connectivity index (χ1n) is 18.7. The maximum absolute atomic E-state index is 11.4. The van der Waals surface area contributed by atoms with Crippen molar-refractivity contribution in [2.24, 2.45) is 0 Å². The lowest BCUT2D eigenvalue weighted by Crippen LogP contribution is -2.39. The Morgan fingerprint density at radius 2 is 0.754 bits per heavy atom. The Morgan fingerprint density at radius 1 is 0.316 bits per heavy atom. The van der Waals surface area contributed by atoms with Crippen LogP contribution in [0.5, 0.6) is 11.5 Å². The summed E-state index contributed by atoms with van der Waals surface area (Å²) >= 11 is 0. The van der Waals surface area contributed by atoms with E-state index < -0.39 is 0 Å². The summed E-state index contributed by atoms with van der Waals surface area (Å²) in [5.74, 6) is -0.634. The standard InChI is InChI=1S/C50H27B3O4/c51-46-47(52)49(54)45(50(55)48(46)53)43-31-12-3-1-10-28(31)40(29-11-2-4-13-32(29)43)26-20-22-27(23-21-26)41-33(24-25-39-44(41)35-15-6-8-18-37(35)57-39)30-16-9-19-38-42(30)34-14-5-7-17-36(34)56-38/h1-25,54-55H. The van der Waals surface area contributed by atoms with Gasteiger partial charge in [0.05, 0.1) is 5.56 Å². The third-order valence-corrected chi connectivity index (χ3v) is 11.4. The van der Waals surface area contributed by atoms with E-state index in [9.17, 15) is 10.2 Å². The predicted octanol–water partition coefficient (Wildman–Crippen LogP) is 10.3. The summed E-state index contributed by atoms with van der Waals surface area (Å²) in [4.78, 5) is 0. The lowest BCUT2D eigenvalue weighted by atomic mass is 9.69. The zero-order chi connectivity index (χ0) is 38.5. The van der Waals surface area contributed by atoms with Gasteiger partial charge >= 0.3 is 0 Å². The topological polar surface area (TPSA) is 66.7 Å². The summed E-state index contributed by atoms with van der Waals surface area (Å²) in [6, 6.07) is 51.4. The third-order valence-electron chi connectivity index (χ3n) is 11.4. The Hall–Kier alpha value is -7.11. The van der Waals surface area contributed by atoms with E-state index in [1.807, 2.05) is 78.9 Å². The number of phenolic OH excluding ortho intramolecular Hbond substituents is 2. The highest BCUT2D eigenvalue weighted by Crippen LogP contribution is 2.49. The summed E-state index contributed by atoms with van der Waals surface area (Å²) < 4.78 is 12.8. The molecule has 0 atom stereocenters. The van der Waals surface area contributed by atoms with E-state index in [0.29, 0.717) is 5.56 Å². The van der Waals surface area contributed by atoms with E-state index in [2.05, 4.69) is 72.8 Å². The van der Waals surface area contributed by atoms with Crippen LogP contribution in [0.2, 0.25) is 0 Å². The highest BCUT2D eigenvalue weighted by Gasteiger charge is 2.25. The van der Waals surface area contributed by atoms with Crippen LogP contribution in [-0.4, -0.2) is 33.8 Å². The summed E-state index contributed by atoms with van der Waals surface area (Å²) in [6.07, 6.45) is 0. The van der Waals surface area contributed by atoms with Crippen molar-refractivity contribution in [2.45, 2.75) is 0 Å². The molecule has 0 saturated heterocycles. The molecule has 2 N–H and O–H groups in total. The van der Waals surface area contributed by atoms with Gasteiger partial charge in [0.15, 0.2) is 0 Å². The van der Waals surface area contributed by atoms with Crippen molar-refractivity contribution in [3.8, 4) is 56.0 Å². The van der Waals surface area contributed by atoms with Gasteiger partial charge in [0.2, 0.25) is 0 Å². The Bertz CT molecular complexity index is 3380. The molecule has 11 rings (SSSR count). The van der Waals surface area contributed by atoms with E-state index >= 15 is 0 Å². The Balaban J connectivity index is 1.17. The molecular weight excluding hydrogens is 697 g/mol. The molecule has 7 heteroatoms. The van der Waals surface area contributed by atoms with Crippen LogP contribution < -0.4 is 16.4 Å². The molecule has 9 aromatic carbocycles. The Kier molecular flexibility index (Phi) is 7.27. The third kappa shape index (κ3) is 4.79. The Morgan fingerprint density at radius 3 is 1.32 bits per heavy atom. The van der Waals surface area contributed by atoms with Gasteiger partial charge in [0.25, 0.3) is 0 Å². The van der Waals surface area contributed by atoms with E-state index in [1.165, 1.54) is 0 Å². The van der Waals surface area contributed by atoms with Gasteiger partial charge in [-0.2, -0.15) is 0 Å². The molecule has 0 unspecified atom stereocenters. The number of para-hydroxylation sites is 2. The molecule has 0 amide bonds. The van der Waals surface area contributed by atoms with Crippen molar-refractivity contribution >= 4 is 105 Å². The van der Waals surface area contributed by atoms with E-state index in [0.717, 1.165) is 98.8 Å². The minimum Gasteiger partial charge on any atom is -0.508 e. The molecule has 57 heavy (non-hydrogen) atoms. The second kappa shape index (κ2) is 12.5. The molecule has 260 valence electrons. The molecule has 0 aliphatic carbocycles. The largest absolute Gasteiger partial charge is 0.508 e. The number of hydrogen-bond acceptors (Lipinski definition) is 4. The summed E-state index contributed by atoms with van der Waals surface area (Å²) in [5.41, 5.74) is 10.1. The van der Waals surface area contributed by atoms with Crippen molar-refractivity contribution < 1.29 is 19.0 Å². The quantitative estimate of drug-likeness (QED) is 0.140. The van der Waals surface area contributed by atoms with Crippen molar-refractivity contribution in [1.82, 2.24) is 0 Å². The van der Waals surface area contributed by atoms with Crippen LogP contribution in [0.15, 0.2) is 160 Å². The lowest BCUT2D eigenvalue weighted by molar-refractivity contribution is 0.460. The van der Waals surface area contributed by atoms with Crippen LogP contribution >= 0.6 is 0 Å². The molecule has 2 aromatic heterocycles. The molecule has 0 fully saturated rings. The summed E-state index contributed by atoms with van der Waals surface area (Å²) in [6.45, 7) is 0. The van der Waals surface area contributed by atoms with Crippen molar-refractivity contribution in [3.63, 3.8) is 0 Å². The van der Waals surface area contributed by atoms with Crippen LogP contribution in [0.25, 0.3) is 110 Å². The first-order chi connectivity index (χ1) is 27.9. The van der Waals surface area contributed by atoms with Gasteiger partial charge in [0, 0.05) is 32.7 Å². The molecule has 2 heterocycles. The number of phenols is 2. The van der Waals surface area contributed by atoms with Crippen LogP contribution in [-0.2, 0) is 0 Å². The van der Waals surface area contributed by atoms with Gasteiger partial charge in [-0.25, -0.2) is 0 Å². The number of furan rings is 2. The summed E-state index contributed by atoms with van der Waals surface area (Å²) in [5, 5.41) is 30.4. The number of aromatic hydroxyl groups is 2. The fourth-order valence-electron chi connectivity index (χ4n) is 8.87. The molecule has 0 bridgehead atoms. The average molecular weight is 724 g/mol. The zero-order valence-corrected chi connectivity index (χ0v) is 30.4. The fourth-order valence-corrected chi connectivity index (χ4v) is 8.87. The minimum atomic E-state index is -0.317. The molecule has 0 aliphatic heterocycles. The molecule has 0 spiro atoms. The zero-order valence-electron chi connectivity index (χ0n) is 30.4. The fraction of sp³-hybridized carbons (Fsp3) is 0.